The molecule has 1 fully saturated rings. The molecule has 1 aliphatic heterocycles. The van der Waals surface area contributed by atoms with Gasteiger partial charge < -0.3 is 9.80 Å². The Morgan fingerprint density at radius 2 is 1.67 bits per heavy atom. The Hall–Kier alpha value is -2.38. The number of rotatable bonds is 4. The van der Waals surface area contributed by atoms with Crippen LogP contribution < -0.4 is 4.72 Å². The maximum absolute atomic E-state index is 12.9. The summed E-state index contributed by atoms with van der Waals surface area (Å²) < 4.78 is 28.5. The van der Waals surface area contributed by atoms with Gasteiger partial charge in [0.05, 0.1) is 16.1 Å². The lowest BCUT2D eigenvalue weighted by Crippen LogP contribution is -2.47. The Morgan fingerprint density at radius 3 is 2.37 bits per heavy atom. The van der Waals surface area contributed by atoms with E-state index in [1.54, 1.807) is 48.2 Å². The molecule has 1 saturated heterocycles. The van der Waals surface area contributed by atoms with Crippen molar-refractivity contribution in [2.75, 3.05) is 37.9 Å². The Morgan fingerprint density at radius 1 is 1.00 bits per heavy atom. The Balaban J connectivity index is 1.90. The third-order valence-electron chi connectivity index (χ3n) is 4.83. The summed E-state index contributed by atoms with van der Waals surface area (Å²) >= 11 is 0. The Labute approximate surface area is 160 Å². The predicted octanol–water partition coefficient (Wildman–Crippen LogP) is 2.49. The average molecular weight is 388 g/mol. The lowest BCUT2D eigenvalue weighted by molar-refractivity contribution is 0.0665. The number of aryl methyl sites for hydroxylation is 2. The van der Waals surface area contributed by atoms with Gasteiger partial charge >= 0.3 is 0 Å². The summed E-state index contributed by atoms with van der Waals surface area (Å²) in [6.45, 7) is 6.49. The number of piperazine rings is 1. The van der Waals surface area contributed by atoms with E-state index in [2.05, 4.69) is 9.62 Å². The largest absolute Gasteiger partial charge is 0.336 e. The fraction of sp³-hybridized carbons (Fsp3) is 0.350. The van der Waals surface area contributed by atoms with Gasteiger partial charge in [0.25, 0.3) is 15.9 Å². The van der Waals surface area contributed by atoms with Crippen LogP contribution in [0.1, 0.15) is 21.5 Å². The van der Waals surface area contributed by atoms with E-state index in [9.17, 15) is 13.2 Å². The lowest BCUT2D eigenvalue weighted by atomic mass is 10.1. The Bertz CT molecular complexity index is 949. The lowest BCUT2D eigenvalue weighted by Gasteiger charge is -2.32. The van der Waals surface area contributed by atoms with Crippen LogP contribution in [0.5, 0.6) is 0 Å². The third-order valence-corrected chi connectivity index (χ3v) is 6.33. The number of hydrogen-bond acceptors (Lipinski definition) is 4. The fourth-order valence-electron chi connectivity index (χ4n) is 3.14. The monoisotopic (exact) mass is 387 g/mol. The molecule has 2 aromatic rings. The number of nitrogens with zero attached hydrogens (tertiary/aromatic N) is 2. The second-order valence-corrected chi connectivity index (χ2v) is 8.67. The van der Waals surface area contributed by atoms with Crippen LogP contribution in [0.2, 0.25) is 0 Å². The molecule has 0 aliphatic carbocycles. The molecular formula is C20H25N3O3S. The van der Waals surface area contributed by atoms with E-state index in [4.69, 9.17) is 0 Å². The molecule has 1 aliphatic rings. The summed E-state index contributed by atoms with van der Waals surface area (Å²) in [6, 6.07) is 12.1. The molecule has 0 aromatic heterocycles. The van der Waals surface area contributed by atoms with Gasteiger partial charge in [-0.15, -0.1) is 0 Å². The number of carbonyl (C=O) groups is 1. The summed E-state index contributed by atoms with van der Waals surface area (Å²) in [5.41, 5.74) is 2.21. The highest BCUT2D eigenvalue weighted by Gasteiger charge is 2.25. The van der Waals surface area contributed by atoms with Crippen LogP contribution in [-0.4, -0.2) is 57.4 Å². The molecule has 3 rings (SSSR count). The van der Waals surface area contributed by atoms with Gasteiger partial charge in [0.1, 0.15) is 0 Å². The van der Waals surface area contributed by atoms with Gasteiger partial charge in [-0.25, -0.2) is 8.42 Å². The minimum absolute atomic E-state index is 0.151. The summed E-state index contributed by atoms with van der Waals surface area (Å²) in [5, 5.41) is 0. The van der Waals surface area contributed by atoms with Gasteiger partial charge in [-0.1, -0.05) is 24.3 Å². The van der Waals surface area contributed by atoms with Gasteiger partial charge in [-0.05, 0) is 50.2 Å². The maximum atomic E-state index is 12.9. The quantitative estimate of drug-likeness (QED) is 0.875. The van der Waals surface area contributed by atoms with Crippen LogP contribution in [0.25, 0.3) is 0 Å². The van der Waals surface area contributed by atoms with Crippen LogP contribution in [0.15, 0.2) is 47.4 Å². The van der Waals surface area contributed by atoms with Crippen molar-refractivity contribution in [3.63, 3.8) is 0 Å². The van der Waals surface area contributed by atoms with Crippen molar-refractivity contribution in [2.24, 2.45) is 0 Å². The molecule has 0 saturated carbocycles. The van der Waals surface area contributed by atoms with E-state index in [1.807, 2.05) is 20.0 Å². The van der Waals surface area contributed by atoms with E-state index in [1.165, 1.54) is 0 Å². The molecule has 6 nitrogen and oxygen atoms in total. The number of carbonyl (C=O) groups excluding carboxylic acids is 1. The number of benzene rings is 2. The van der Waals surface area contributed by atoms with E-state index >= 15 is 0 Å². The number of anilines is 1. The molecule has 0 unspecified atom stereocenters. The smallest absolute Gasteiger partial charge is 0.262 e. The maximum Gasteiger partial charge on any atom is 0.262 e. The normalized spacial score (nSPS) is 15.6. The zero-order valence-electron chi connectivity index (χ0n) is 15.9. The zero-order valence-corrected chi connectivity index (χ0v) is 16.7. The van der Waals surface area contributed by atoms with Crippen LogP contribution in [-0.2, 0) is 10.0 Å². The summed E-state index contributed by atoms with van der Waals surface area (Å²) in [6.07, 6.45) is 0. The first-order valence-corrected chi connectivity index (χ1v) is 10.4. The van der Waals surface area contributed by atoms with Crippen molar-refractivity contribution in [3.05, 3.63) is 59.2 Å². The van der Waals surface area contributed by atoms with E-state index in [0.29, 0.717) is 29.9 Å². The molecular weight excluding hydrogens is 362 g/mol. The number of likely N-dealkylation sites (N-methyl/N-ethyl adjacent to an activating group) is 1. The Kier molecular flexibility index (Phi) is 5.53. The highest BCUT2D eigenvalue weighted by molar-refractivity contribution is 7.92. The second kappa shape index (κ2) is 7.70. The summed E-state index contributed by atoms with van der Waals surface area (Å²) in [5.74, 6) is -0.151. The first-order chi connectivity index (χ1) is 12.8. The minimum atomic E-state index is -3.79. The van der Waals surface area contributed by atoms with Crippen molar-refractivity contribution in [1.82, 2.24) is 9.80 Å². The van der Waals surface area contributed by atoms with Crippen LogP contribution in [0.3, 0.4) is 0 Å². The van der Waals surface area contributed by atoms with Gasteiger partial charge in [0.2, 0.25) is 0 Å². The number of nitrogens with one attached hydrogen (secondary N) is 1. The molecule has 27 heavy (non-hydrogen) atoms. The number of sulfonamides is 1. The average Bonchev–Trinajstić information content (AvgIpc) is 2.64. The second-order valence-electron chi connectivity index (χ2n) is 7.02. The highest BCUT2D eigenvalue weighted by atomic mass is 32.2. The molecule has 0 radical (unpaired) electrons. The highest BCUT2D eigenvalue weighted by Crippen LogP contribution is 2.24. The molecule has 7 heteroatoms. The summed E-state index contributed by atoms with van der Waals surface area (Å²) in [4.78, 5) is 17.1. The molecule has 1 heterocycles. The van der Waals surface area contributed by atoms with Crippen molar-refractivity contribution in [2.45, 2.75) is 18.7 Å². The van der Waals surface area contributed by atoms with Gasteiger partial charge in [-0.3, -0.25) is 9.52 Å². The van der Waals surface area contributed by atoms with Crippen molar-refractivity contribution in [1.29, 1.82) is 0 Å². The first-order valence-electron chi connectivity index (χ1n) is 8.95. The SMILES string of the molecule is Cc1ccc(C)c(S(=O)(=O)Nc2ccccc2C(=O)N2CCN(C)CC2)c1. The van der Waals surface area contributed by atoms with Crippen LogP contribution in [0, 0.1) is 13.8 Å². The fourth-order valence-corrected chi connectivity index (χ4v) is 4.55. The topological polar surface area (TPSA) is 69.7 Å². The van der Waals surface area contributed by atoms with E-state index < -0.39 is 10.0 Å². The third kappa shape index (κ3) is 4.31. The minimum Gasteiger partial charge on any atom is -0.336 e. The molecule has 0 spiro atoms. The number of hydrogen-bond donors (Lipinski definition) is 1. The molecule has 1 N–H and O–H groups in total. The molecule has 0 bridgehead atoms. The standard InChI is InChI=1S/C20H25N3O3S/c1-15-8-9-16(2)19(14-15)27(25,26)21-18-7-5-4-6-17(18)20(24)23-12-10-22(3)11-13-23/h4-9,14,21H,10-13H2,1-3H3. The van der Waals surface area contributed by atoms with Gasteiger partial charge in [0, 0.05) is 26.2 Å². The van der Waals surface area contributed by atoms with Crippen molar-refractivity contribution in [3.8, 4) is 0 Å². The van der Waals surface area contributed by atoms with E-state index in [0.717, 1.165) is 18.7 Å². The van der Waals surface area contributed by atoms with Gasteiger partial charge in [0.15, 0.2) is 0 Å². The molecule has 2 aromatic carbocycles. The van der Waals surface area contributed by atoms with Gasteiger partial charge in [-0.2, -0.15) is 0 Å². The summed E-state index contributed by atoms with van der Waals surface area (Å²) in [7, 11) is -1.77. The molecule has 1 amide bonds. The van der Waals surface area contributed by atoms with Crippen molar-refractivity contribution < 1.29 is 13.2 Å². The first kappa shape index (κ1) is 19.4. The predicted molar refractivity (Wildman–Crippen MR) is 107 cm³/mol. The van der Waals surface area contributed by atoms with Crippen LogP contribution in [0.4, 0.5) is 5.69 Å². The molecule has 144 valence electrons. The number of para-hydroxylation sites is 1. The van der Waals surface area contributed by atoms with Crippen LogP contribution >= 0.6 is 0 Å². The van der Waals surface area contributed by atoms with E-state index in [-0.39, 0.29) is 10.8 Å². The van der Waals surface area contributed by atoms with Crippen molar-refractivity contribution >= 4 is 21.6 Å². The number of amides is 1. The molecule has 0 atom stereocenters. The zero-order chi connectivity index (χ0) is 19.6.